The predicted octanol–water partition coefficient (Wildman–Crippen LogP) is -0.319. The van der Waals surface area contributed by atoms with Gasteiger partial charge in [0.2, 0.25) is 11.6 Å². The maximum Gasteiger partial charge on any atom is 0.331 e. The summed E-state index contributed by atoms with van der Waals surface area (Å²) < 4.78 is 14.7. The second kappa shape index (κ2) is 15.4. The van der Waals surface area contributed by atoms with Crippen LogP contribution in [0.2, 0.25) is 0 Å². The van der Waals surface area contributed by atoms with Gasteiger partial charge < -0.3 is 24.4 Å². The van der Waals surface area contributed by atoms with Gasteiger partial charge in [0.15, 0.2) is 0 Å². The van der Waals surface area contributed by atoms with Gasteiger partial charge in [-0.3, -0.25) is 9.59 Å². The van der Waals surface area contributed by atoms with Crippen molar-refractivity contribution in [1.82, 2.24) is 0 Å². The Kier molecular flexibility index (Phi) is 15.0. The molecule has 0 heterocycles. The number of aliphatic hydroxyl groups excluding tert-OH is 2. The number of rotatable bonds is 13. The first-order valence-electron chi connectivity index (χ1n) is 7.57. The van der Waals surface area contributed by atoms with Crippen LogP contribution >= 0.6 is 0 Å². The molecule has 0 bridgehead atoms. The molecule has 0 unspecified atom stereocenters. The standard InChI is InChI=1S/C16H18O7.C2H6O2/c1-5-12(17)16(13(18)6-2,23-15(20)8-4)11-21-9-10-22-14(19)7-3;3-1-2-4/h5-8H,1-4,9-11H2;3-4H,1-2H2. The van der Waals surface area contributed by atoms with Gasteiger partial charge in [-0.25, -0.2) is 9.59 Å². The molecule has 0 fully saturated rings. The summed E-state index contributed by atoms with van der Waals surface area (Å²) in [4.78, 5) is 46.3. The molecule has 0 saturated heterocycles. The second-order valence-corrected chi connectivity index (χ2v) is 4.46. The number of ether oxygens (including phenoxy) is 3. The van der Waals surface area contributed by atoms with Crippen LogP contribution in [0.1, 0.15) is 0 Å². The van der Waals surface area contributed by atoms with E-state index in [1.54, 1.807) is 0 Å². The van der Waals surface area contributed by atoms with Crippen LogP contribution in [0, 0.1) is 0 Å². The fourth-order valence-electron chi connectivity index (χ4n) is 1.41. The van der Waals surface area contributed by atoms with Gasteiger partial charge in [0.05, 0.1) is 19.8 Å². The molecule has 0 saturated carbocycles. The number of hydrogen-bond donors (Lipinski definition) is 2. The zero-order chi connectivity index (χ0) is 21.3. The summed E-state index contributed by atoms with van der Waals surface area (Å²) in [6.45, 7) is 11.8. The SMILES string of the molecule is C=CC(=O)OCCOCC(OC(=O)C=C)(C(=O)C=C)C(=O)C=C.OCCO. The van der Waals surface area contributed by atoms with Crippen molar-refractivity contribution >= 4 is 23.5 Å². The maximum atomic E-state index is 12.0. The van der Waals surface area contributed by atoms with Crippen molar-refractivity contribution < 1.29 is 43.6 Å². The van der Waals surface area contributed by atoms with E-state index < -0.39 is 35.7 Å². The lowest BCUT2D eigenvalue weighted by atomic mass is 9.93. The summed E-state index contributed by atoms with van der Waals surface area (Å²) >= 11 is 0. The quantitative estimate of drug-likeness (QED) is 0.189. The predicted molar refractivity (Wildman–Crippen MR) is 95.6 cm³/mol. The van der Waals surface area contributed by atoms with Gasteiger partial charge >= 0.3 is 11.9 Å². The van der Waals surface area contributed by atoms with E-state index >= 15 is 0 Å². The van der Waals surface area contributed by atoms with Crippen LogP contribution in [0.5, 0.6) is 0 Å². The Morgan fingerprint density at radius 1 is 0.778 bits per heavy atom. The molecule has 0 radical (unpaired) electrons. The summed E-state index contributed by atoms with van der Waals surface area (Å²) in [5, 5.41) is 15.2. The van der Waals surface area contributed by atoms with Crippen molar-refractivity contribution in [2.45, 2.75) is 5.60 Å². The highest BCUT2D eigenvalue weighted by Crippen LogP contribution is 2.18. The molecular formula is C18H24O9. The summed E-state index contributed by atoms with van der Waals surface area (Å²) in [7, 11) is 0. The Morgan fingerprint density at radius 3 is 1.63 bits per heavy atom. The monoisotopic (exact) mass is 384 g/mol. The van der Waals surface area contributed by atoms with Crippen molar-refractivity contribution in [2.75, 3.05) is 33.0 Å². The summed E-state index contributed by atoms with van der Waals surface area (Å²) in [6.07, 6.45) is 3.43. The molecule has 2 N–H and O–H groups in total. The van der Waals surface area contributed by atoms with Gasteiger partial charge in [0, 0.05) is 12.2 Å². The Morgan fingerprint density at radius 2 is 1.26 bits per heavy atom. The topological polar surface area (TPSA) is 136 Å². The third-order valence-electron chi connectivity index (χ3n) is 2.65. The van der Waals surface area contributed by atoms with Crippen molar-refractivity contribution in [2.24, 2.45) is 0 Å². The van der Waals surface area contributed by atoms with Crippen LogP contribution in [0.4, 0.5) is 0 Å². The first kappa shape index (κ1) is 26.4. The molecule has 0 aliphatic heterocycles. The number of ketones is 2. The normalized spacial score (nSPS) is 9.70. The van der Waals surface area contributed by atoms with Crippen molar-refractivity contribution in [1.29, 1.82) is 0 Å². The first-order chi connectivity index (χ1) is 12.8. The lowest BCUT2D eigenvalue weighted by Gasteiger charge is -2.27. The Labute approximate surface area is 157 Å². The molecular weight excluding hydrogens is 360 g/mol. The molecule has 0 atom stereocenters. The third kappa shape index (κ3) is 10.00. The zero-order valence-corrected chi connectivity index (χ0v) is 14.9. The van der Waals surface area contributed by atoms with Crippen LogP contribution in [0.25, 0.3) is 0 Å². The van der Waals surface area contributed by atoms with Gasteiger partial charge in [-0.15, -0.1) is 0 Å². The fraction of sp³-hybridized carbons (Fsp3) is 0.333. The van der Waals surface area contributed by atoms with Gasteiger partial charge in [-0.2, -0.15) is 0 Å². The number of hydrogen-bond acceptors (Lipinski definition) is 9. The number of carbonyl (C=O) groups excluding carboxylic acids is 4. The van der Waals surface area contributed by atoms with Gasteiger partial charge in [0.25, 0.3) is 5.60 Å². The molecule has 0 amide bonds. The summed E-state index contributed by atoms with van der Waals surface area (Å²) in [6, 6.07) is 0. The van der Waals surface area contributed by atoms with Crippen LogP contribution in [0.15, 0.2) is 50.6 Å². The highest BCUT2D eigenvalue weighted by Gasteiger charge is 2.46. The minimum absolute atomic E-state index is 0.125. The van der Waals surface area contributed by atoms with Gasteiger partial charge in [0.1, 0.15) is 13.2 Å². The largest absolute Gasteiger partial charge is 0.460 e. The summed E-state index contributed by atoms with van der Waals surface area (Å²) in [5.74, 6) is -3.39. The van der Waals surface area contributed by atoms with Crippen molar-refractivity contribution in [3.63, 3.8) is 0 Å². The maximum absolute atomic E-state index is 12.0. The minimum Gasteiger partial charge on any atom is -0.460 e. The molecule has 0 aromatic rings. The Hall–Kier alpha value is -2.88. The lowest BCUT2D eigenvalue weighted by molar-refractivity contribution is -0.173. The van der Waals surface area contributed by atoms with Crippen LogP contribution in [0.3, 0.4) is 0 Å². The Balaban J connectivity index is 0. The number of aliphatic hydroxyl groups is 2. The van der Waals surface area contributed by atoms with Gasteiger partial charge in [-0.1, -0.05) is 26.3 Å². The van der Waals surface area contributed by atoms with E-state index in [1.807, 2.05) is 0 Å². The lowest BCUT2D eigenvalue weighted by Crippen LogP contribution is -2.52. The summed E-state index contributed by atoms with van der Waals surface area (Å²) in [5.41, 5.74) is -2.24. The molecule has 9 nitrogen and oxygen atoms in total. The van der Waals surface area contributed by atoms with E-state index in [2.05, 4.69) is 31.1 Å². The van der Waals surface area contributed by atoms with E-state index in [-0.39, 0.29) is 26.4 Å². The molecule has 0 rings (SSSR count). The van der Waals surface area contributed by atoms with Crippen LogP contribution in [-0.2, 0) is 33.4 Å². The first-order valence-corrected chi connectivity index (χ1v) is 7.57. The molecule has 0 spiro atoms. The van der Waals surface area contributed by atoms with Crippen molar-refractivity contribution in [3.8, 4) is 0 Å². The smallest absolute Gasteiger partial charge is 0.331 e. The fourth-order valence-corrected chi connectivity index (χ4v) is 1.41. The average molecular weight is 384 g/mol. The number of carbonyl (C=O) groups is 4. The van der Waals surface area contributed by atoms with E-state index in [0.29, 0.717) is 0 Å². The average Bonchev–Trinajstić information content (AvgIpc) is 2.70. The molecule has 150 valence electrons. The molecule has 0 aliphatic carbocycles. The van der Waals surface area contributed by atoms with Crippen LogP contribution < -0.4 is 0 Å². The van der Waals surface area contributed by atoms with E-state index in [4.69, 9.17) is 19.7 Å². The van der Waals surface area contributed by atoms with Gasteiger partial charge in [-0.05, 0) is 12.2 Å². The van der Waals surface area contributed by atoms with E-state index in [9.17, 15) is 19.2 Å². The Bertz CT molecular complexity index is 541. The number of esters is 2. The second-order valence-electron chi connectivity index (χ2n) is 4.46. The molecule has 0 aliphatic rings. The molecule has 0 aromatic carbocycles. The molecule has 0 aromatic heterocycles. The highest BCUT2D eigenvalue weighted by molar-refractivity contribution is 6.19. The van der Waals surface area contributed by atoms with E-state index in [1.165, 1.54) is 0 Å². The van der Waals surface area contributed by atoms with Crippen LogP contribution in [-0.4, -0.2) is 72.4 Å². The molecule has 9 heteroatoms. The third-order valence-corrected chi connectivity index (χ3v) is 2.65. The highest BCUT2D eigenvalue weighted by atomic mass is 16.6. The van der Waals surface area contributed by atoms with E-state index in [0.717, 1.165) is 24.3 Å². The zero-order valence-electron chi connectivity index (χ0n) is 14.9. The van der Waals surface area contributed by atoms with Crippen molar-refractivity contribution in [3.05, 3.63) is 50.6 Å². The minimum atomic E-state index is -2.24. The molecule has 27 heavy (non-hydrogen) atoms.